The number of rotatable bonds is 4. The number of nitrogens with one attached hydrogen (secondary N) is 2. The molecule has 18 heavy (non-hydrogen) atoms. The minimum absolute atomic E-state index is 0.444. The van der Waals surface area contributed by atoms with Crippen molar-refractivity contribution in [1.29, 1.82) is 0 Å². The Kier molecular flexibility index (Phi) is 13.8. The van der Waals surface area contributed by atoms with Gasteiger partial charge in [-0.2, -0.15) is 0 Å². The molecular weight excluding hydrogens is 244 g/mol. The van der Waals surface area contributed by atoms with Crippen LogP contribution >= 0.6 is 0 Å². The maximum Gasteiger partial charge on any atom is 0.0948 e. The van der Waals surface area contributed by atoms with Crippen LogP contribution in [0.4, 0.5) is 4.79 Å². The summed E-state index contributed by atoms with van der Waals surface area (Å²) in [5.41, 5.74) is 4.26. The fourth-order valence-electron chi connectivity index (χ4n) is 0.141. The zero-order chi connectivity index (χ0) is 15.4. The van der Waals surface area contributed by atoms with E-state index in [1.807, 2.05) is 42.0 Å². The maximum atomic E-state index is 8.33. The van der Waals surface area contributed by atoms with Crippen molar-refractivity contribution in [2.45, 2.75) is 13.8 Å². The number of hydrogen-bond donors (Lipinski definition) is 4. The van der Waals surface area contributed by atoms with Crippen LogP contribution in [0.15, 0.2) is 0 Å². The van der Waals surface area contributed by atoms with Crippen molar-refractivity contribution in [2.24, 2.45) is 0 Å². The second kappa shape index (κ2) is 11.1. The molecule has 0 unspecified atom stereocenters. The maximum absolute atomic E-state index is 8.33. The zero-order valence-electron chi connectivity index (χ0n) is 11.9. The summed E-state index contributed by atoms with van der Waals surface area (Å²) in [5.74, 6) is 0. The second-order valence-corrected chi connectivity index (χ2v) is 4.45. The summed E-state index contributed by atoms with van der Waals surface area (Å²) in [6, 6.07) is 0. The number of carbonyl (C=O) groups excluding carboxylic acids is 1. The normalized spacial score (nSPS) is 10.7. The van der Waals surface area contributed by atoms with Crippen LogP contribution in [-0.4, -0.2) is 67.0 Å². The predicted octanol–water partition coefficient (Wildman–Crippen LogP) is -2.49. The summed E-state index contributed by atoms with van der Waals surface area (Å²) >= 11 is 0. The van der Waals surface area contributed by atoms with Gasteiger partial charge in [-0.15, -0.1) is 0 Å². The van der Waals surface area contributed by atoms with E-state index in [0.29, 0.717) is 9.18 Å². The third kappa shape index (κ3) is 24.3. The van der Waals surface area contributed by atoms with E-state index in [1.54, 1.807) is 0 Å². The minimum atomic E-state index is -2.33. The molecule has 9 heteroatoms. The highest BCUT2D eigenvalue weighted by Crippen LogP contribution is 1.84. The van der Waals surface area contributed by atoms with Crippen LogP contribution in [0.2, 0.25) is 0 Å². The van der Waals surface area contributed by atoms with Gasteiger partial charge in [0, 0.05) is 0 Å². The number of carboxylic acid groups (broad SMARTS) is 2. The van der Waals surface area contributed by atoms with Gasteiger partial charge in [-0.3, -0.25) is 10.4 Å². The van der Waals surface area contributed by atoms with Crippen molar-refractivity contribution < 1.29 is 34.6 Å². The number of hydrogen-bond acceptors (Lipinski definition) is 7. The van der Waals surface area contributed by atoms with E-state index in [0.717, 1.165) is 13.1 Å². The Balaban J connectivity index is -0.000000196. The van der Waals surface area contributed by atoms with Crippen LogP contribution in [0.25, 0.3) is 0 Å². The lowest BCUT2D eigenvalue weighted by Gasteiger charge is -2.22. The molecule has 112 valence electrons. The summed E-state index contributed by atoms with van der Waals surface area (Å²) in [6.07, 6.45) is -2.33. The fraction of sp³-hybridized carbons (Fsp3) is 0.889. The van der Waals surface area contributed by atoms with E-state index in [2.05, 4.69) is 11.2 Å². The third-order valence-electron chi connectivity index (χ3n) is 2.12. The van der Waals surface area contributed by atoms with Crippen LogP contribution in [0.3, 0.4) is 0 Å². The Morgan fingerprint density at radius 2 is 1.11 bits per heavy atom. The average Bonchev–Trinajstić information content (AvgIpc) is 2.29. The number of nitrogens with zero attached hydrogens (tertiary/aromatic N) is 2. The van der Waals surface area contributed by atoms with Gasteiger partial charge in [0.15, 0.2) is 0 Å². The number of quaternary nitrogens is 2. The first-order valence-corrected chi connectivity index (χ1v) is 5.34. The van der Waals surface area contributed by atoms with Gasteiger partial charge in [0.2, 0.25) is 0 Å². The molecule has 0 heterocycles. The Morgan fingerprint density at radius 3 is 1.11 bits per heavy atom. The molecule has 0 fully saturated rings. The lowest BCUT2D eigenvalue weighted by atomic mass is 10.6. The van der Waals surface area contributed by atoms with Gasteiger partial charge >= 0.3 is 0 Å². The Hall–Kier alpha value is -0.970. The minimum Gasteiger partial charge on any atom is -0.652 e. The predicted molar refractivity (Wildman–Crippen MR) is 60.5 cm³/mol. The molecule has 0 saturated heterocycles. The highest BCUT2D eigenvalue weighted by molar-refractivity contribution is 5.47. The van der Waals surface area contributed by atoms with Crippen LogP contribution in [0, 0.1) is 0 Å². The molecule has 0 aromatic carbocycles. The standard InChI is InChI=1S/2C4H13N2O.CH2O3/c2*1-4-6(2,3)5-7;2-1(3)4/h2*5,7H,4H2,1-3H3;(H2,2,3,4)/q2*+1;/p-2. The Labute approximate surface area is 108 Å². The first kappa shape index (κ1) is 22.2. The highest BCUT2D eigenvalue weighted by Gasteiger charge is 2.07. The van der Waals surface area contributed by atoms with Gasteiger partial charge in [-0.25, -0.2) is 9.18 Å². The van der Waals surface area contributed by atoms with Crippen LogP contribution in [0.5, 0.6) is 0 Å². The van der Waals surface area contributed by atoms with Crippen LogP contribution in [0.1, 0.15) is 13.8 Å². The molecule has 0 bridgehead atoms. The monoisotopic (exact) mass is 270 g/mol. The van der Waals surface area contributed by atoms with E-state index in [4.69, 9.17) is 25.4 Å². The summed E-state index contributed by atoms with van der Waals surface area (Å²) < 4.78 is 0.889. The van der Waals surface area contributed by atoms with E-state index >= 15 is 0 Å². The lowest BCUT2D eigenvalue weighted by Crippen LogP contribution is -2.49. The molecule has 0 aliphatic rings. The van der Waals surface area contributed by atoms with E-state index < -0.39 is 6.16 Å². The summed E-state index contributed by atoms with van der Waals surface area (Å²) in [5, 5.41) is 33.3. The van der Waals surface area contributed by atoms with Crippen molar-refractivity contribution in [1.82, 2.24) is 11.2 Å². The zero-order valence-corrected chi connectivity index (χ0v) is 11.9. The van der Waals surface area contributed by atoms with Crippen molar-refractivity contribution in [3.63, 3.8) is 0 Å². The topological polar surface area (TPSA) is 128 Å². The third-order valence-corrected chi connectivity index (χ3v) is 2.12. The summed E-state index contributed by atoms with van der Waals surface area (Å²) in [6.45, 7) is 5.72. The first-order valence-electron chi connectivity index (χ1n) is 5.34. The van der Waals surface area contributed by atoms with Gasteiger partial charge in [0.25, 0.3) is 0 Å². The van der Waals surface area contributed by atoms with Gasteiger partial charge < -0.3 is 15.0 Å². The van der Waals surface area contributed by atoms with Crippen LogP contribution < -0.4 is 21.4 Å². The summed E-state index contributed by atoms with van der Waals surface area (Å²) in [4.78, 5) is 8.33. The average molecular weight is 270 g/mol. The molecule has 0 aromatic heterocycles. The molecule has 0 amide bonds. The molecule has 0 spiro atoms. The molecule has 9 nitrogen and oxygen atoms in total. The van der Waals surface area contributed by atoms with Crippen molar-refractivity contribution in [2.75, 3.05) is 41.3 Å². The molecule has 0 aliphatic heterocycles. The Bertz CT molecular complexity index is 179. The number of carbonyl (C=O) groups is 1. The van der Waals surface area contributed by atoms with Gasteiger partial charge in [0.05, 0.1) is 41.3 Å². The van der Waals surface area contributed by atoms with Crippen molar-refractivity contribution >= 4 is 6.16 Å². The fourth-order valence-corrected chi connectivity index (χ4v) is 0.141. The van der Waals surface area contributed by atoms with Gasteiger partial charge in [0.1, 0.15) is 0 Å². The molecule has 0 radical (unpaired) electrons. The molecule has 0 atom stereocenters. The molecular formula is C9H26N4O5. The molecule has 0 saturated carbocycles. The summed E-state index contributed by atoms with van der Waals surface area (Å²) in [7, 11) is 7.50. The largest absolute Gasteiger partial charge is 0.652 e. The Morgan fingerprint density at radius 1 is 0.944 bits per heavy atom. The van der Waals surface area contributed by atoms with Crippen molar-refractivity contribution in [3.05, 3.63) is 0 Å². The van der Waals surface area contributed by atoms with Gasteiger partial charge in [-0.05, 0) is 31.2 Å². The second-order valence-electron chi connectivity index (χ2n) is 4.45. The lowest BCUT2D eigenvalue weighted by molar-refractivity contribution is -0.958. The van der Waals surface area contributed by atoms with E-state index in [1.165, 1.54) is 0 Å². The van der Waals surface area contributed by atoms with E-state index in [-0.39, 0.29) is 0 Å². The quantitative estimate of drug-likeness (QED) is 0.328. The van der Waals surface area contributed by atoms with Crippen molar-refractivity contribution in [3.8, 4) is 0 Å². The molecule has 0 aromatic rings. The first-order chi connectivity index (χ1) is 7.97. The van der Waals surface area contributed by atoms with E-state index in [9.17, 15) is 0 Å². The molecule has 0 rings (SSSR count). The SMILES string of the molecule is CC[N+](C)(C)NO.CC[N+](C)(C)NO.O=C([O-])[O-]. The molecule has 0 aliphatic carbocycles. The highest BCUT2D eigenvalue weighted by atomic mass is 16.6. The van der Waals surface area contributed by atoms with Crippen LogP contribution in [-0.2, 0) is 0 Å². The van der Waals surface area contributed by atoms with Gasteiger partial charge in [-0.1, -0.05) is 0 Å². The smallest absolute Gasteiger partial charge is 0.0948 e. The molecule has 4 N–H and O–H groups in total.